The minimum absolute atomic E-state index is 0.0419. The Morgan fingerprint density at radius 3 is 1.19 bits per heavy atom. The van der Waals surface area contributed by atoms with E-state index in [-0.39, 0.29) is 43.9 Å². The number of para-hydroxylation sites is 3. The lowest BCUT2D eigenvalue weighted by atomic mass is 10.0. The summed E-state index contributed by atoms with van der Waals surface area (Å²) in [6.45, 7) is 25.3. The van der Waals surface area contributed by atoms with Crippen LogP contribution >= 0.6 is 34.8 Å². The van der Waals surface area contributed by atoms with Gasteiger partial charge in [0.2, 0.25) is 0 Å². The van der Waals surface area contributed by atoms with Crippen LogP contribution in [0.15, 0.2) is 142 Å². The van der Waals surface area contributed by atoms with Gasteiger partial charge >= 0.3 is 30.1 Å². The molecule has 0 aromatic heterocycles. The van der Waals surface area contributed by atoms with Crippen molar-refractivity contribution < 1.29 is 72.5 Å². The summed E-state index contributed by atoms with van der Waals surface area (Å²) in [5, 5.41) is 34.6. The predicted molar refractivity (Wildman–Crippen MR) is 407 cm³/mol. The van der Waals surface area contributed by atoms with Crippen LogP contribution in [0, 0.1) is 0 Å². The molecule has 3 fully saturated rings. The summed E-state index contributed by atoms with van der Waals surface area (Å²) in [6, 6.07) is 37.7. The molecule has 0 bridgehead atoms. The molecule has 0 saturated carbocycles. The summed E-state index contributed by atoms with van der Waals surface area (Å²) >= 11 is 18.7. The monoisotopic (exact) mass is 1510 g/mol. The number of amides is 2. The number of nitrogens with zero attached hydrogens (tertiary/aromatic N) is 8. The molecule has 2 amide bonds. The minimum atomic E-state index is -0.987. The Morgan fingerprint density at radius 2 is 0.830 bits per heavy atom. The fourth-order valence-corrected chi connectivity index (χ4v) is 13.7. The standard InChI is InChI=1S/C30H38ClN3O6.C25H30ClN3O4.C24H26ClN3O5/c1-19(17-30(5,6)37)38-26(35)16-21-18-33(13-14-34(21)28(36)40-29(2,3)4)27-22-9-7-8-10-24(22)39-25-12-11-20(31)15-23(25)32-27;1-16(14-25(2,3)31)32-23(30)13-18-15-29(11-10-27-18)24-19-6-4-5-7-21(19)33-22-9-8-17(26)12-20(22)28-24;1-24(2,3)33-23(31)28-11-10-27(14-16(28)13-21(29)30)22-17-6-4-5-7-19(17)32-20-9-8-15(25)12-18(20)26-22/h7-12,15,19,21,37H,13-14,16-18H2,1-6H3;4-9,12,16,18,27,31H,10-11,13-15H2,1-3H3;4-9,12,16H,10-11,13-14H2,1-3H3,(H,29,30)/t19-,21+;16-,18+;16-/m110/s1. The lowest BCUT2D eigenvalue weighted by Crippen LogP contribution is -2.58. The largest absolute Gasteiger partial charge is 0.481 e. The van der Waals surface area contributed by atoms with Gasteiger partial charge in [-0.1, -0.05) is 71.2 Å². The van der Waals surface area contributed by atoms with Crippen LogP contribution in [-0.2, 0) is 33.3 Å². The number of aliphatic carboxylic acids is 1. The van der Waals surface area contributed by atoms with Gasteiger partial charge in [0.05, 0.1) is 59.2 Å². The van der Waals surface area contributed by atoms with Crippen molar-refractivity contribution in [3.05, 3.63) is 159 Å². The van der Waals surface area contributed by atoms with Crippen LogP contribution in [-0.4, -0.2) is 199 Å². The Hall–Kier alpha value is -9.17. The highest BCUT2D eigenvalue weighted by Crippen LogP contribution is 2.44. The molecular formula is C79H94Cl3N9O15. The Kier molecular flexibility index (Phi) is 25.3. The van der Waals surface area contributed by atoms with E-state index in [9.17, 15) is 39.3 Å². The van der Waals surface area contributed by atoms with Gasteiger partial charge in [-0.15, -0.1) is 0 Å². The average molecular weight is 1520 g/mol. The smallest absolute Gasteiger partial charge is 0.410 e. The van der Waals surface area contributed by atoms with Gasteiger partial charge < -0.3 is 78.3 Å². The molecule has 6 aliphatic rings. The van der Waals surface area contributed by atoms with Crippen molar-refractivity contribution in [3.8, 4) is 34.5 Å². The molecule has 566 valence electrons. The Balaban J connectivity index is 0.000000171. The first-order valence-corrected chi connectivity index (χ1v) is 36.6. The van der Waals surface area contributed by atoms with E-state index in [1.807, 2.05) is 105 Å². The molecule has 6 aliphatic heterocycles. The van der Waals surface area contributed by atoms with Gasteiger partial charge in [-0.25, -0.2) is 24.6 Å². The number of halogens is 3. The number of aliphatic imine (C=N–C) groups is 3. The van der Waals surface area contributed by atoms with Gasteiger partial charge in [-0.05, 0) is 174 Å². The molecule has 3 saturated heterocycles. The molecule has 106 heavy (non-hydrogen) atoms. The Labute approximate surface area is 633 Å². The van der Waals surface area contributed by atoms with E-state index < -0.39 is 64.7 Å². The van der Waals surface area contributed by atoms with Crippen molar-refractivity contribution in [3.63, 3.8) is 0 Å². The SMILES string of the molecule is CC(C)(C)OC(=O)N1CCN(C2=Nc3cc(Cl)ccc3Oc3ccccc32)C[C@@H]1CC(=O)O.C[C@H](CC(C)(C)O)OC(=O)C[C@H]1CN(C2=Nc3cc(Cl)ccc3Oc3ccccc32)CCN1.C[C@H](CC(C)(C)O)OC(=O)C[C@H]1CN(C2=Nc3cc(Cl)ccc3Oc3ccccc32)CCN1C(=O)OC(C)(C)C. The number of amidine groups is 3. The zero-order chi connectivity index (χ0) is 76.6. The van der Waals surface area contributed by atoms with Crippen LogP contribution < -0.4 is 19.5 Å². The number of carboxylic acids is 1. The number of hydrogen-bond donors (Lipinski definition) is 4. The van der Waals surface area contributed by atoms with Gasteiger partial charge in [-0.2, -0.15) is 0 Å². The van der Waals surface area contributed by atoms with Gasteiger partial charge in [0.15, 0.2) is 17.2 Å². The van der Waals surface area contributed by atoms with Crippen LogP contribution in [0.3, 0.4) is 0 Å². The third-order valence-corrected chi connectivity index (χ3v) is 18.0. The zero-order valence-electron chi connectivity index (χ0n) is 61.9. The van der Waals surface area contributed by atoms with Crippen molar-refractivity contribution >= 4 is 99.5 Å². The highest BCUT2D eigenvalue weighted by molar-refractivity contribution is 6.31. The Bertz CT molecular complexity index is 4300. The molecule has 4 N–H and O–H groups in total. The van der Waals surface area contributed by atoms with E-state index in [4.69, 9.17) is 82.9 Å². The third kappa shape index (κ3) is 22.0. The number of piperazine rings is 3. The van der Waals surface area contributed by atoms with Gasteiger partial charge in [0, 0.05) is 92.9 Å². The second-order valence-electron chi connectivity index (χ2n) is 30.2. The fourth-order valence-electron chi connectivity index (χ4n) is 13.2. The number of carboxylic acid groups (broad SMARTS) is 1. The zero-order valence-corrected chi connectivity index (χ0v) is 64.1. The minimum Gasteiger partial charge on any atom is -0.481 e. The molecule has 27 heteroatoms. The molecule has 24 nitrogen and oxygen atoms in total. The number of carbonyl (C=O) groups excluding carboxylic acids is 4. The van der Waals surface area contributed by atoms with Crippen molar-refractivity contribution in [2.75, 3.05) is 58.9 Å². The number of fused-ring (bicyclic) bond motifs is 6. The summed E-state index contributed by atoms with van der Waals surface area (Å²) < 4.78 is 40.8. The summed E-state index contributed by atoms with van der Waals surface area (Å²) in [7, 11) is 0. The molecule has 6 heterocycles. The number of hydrogen-bond acceptors (Lipinski definition) is 21. The van der Waals surface area contributed by atoms with Crippen LogP contribution in [0.5, 0.6) is 34.5 Å². The van der Waals surface area contributed by atoms with Gasteiger partial charge in [0.25, 0.3) is 0 Å². The molecule has 0 unspecified atom stereocenters. The fraction of sp³-hybridized carbons (Fsp3) is 0.443. The molecule has 6 aromatic rings. The maximum Gasteiger partial charge on any atom is 0.410 e. The maximum atomic E-state index is 13.2. The van der Waals surface area contributed by atoms with E-state index in [0.29, 0.717) is 131 Å². The van der Waals surface area contributed by atoms with E-state index in [1.54, 1.807) is 116 Å². The van der Waals surface area contributed by atoms with Crippen LogP contribution in [0.2, 0.25) is 15.1 Å². The van der Waals surface area contributed by atoms with Gasteiger partial charge in [-0.3, -0.25) is 14.4 Å². The molecule has 5 atom stereocenters. The molecule has 0 spiro atoms. The van der Waals surface area contributed by atoms with E-state index in [2.05, 4.69) is 15.1 Å². The first kappa shape index (κ1) is 79.4. The number of nitrogens with one attached hydrogen (secondary N) is 1. The summed E-state index contributed by atoms with van der Waals surface area (Å²) in [5.74, 6) is 4.20. The topological polar surface area (TPSA) is 276 Å². The number of esters is 2. The normalized spacial score (nSPS) is 18.2. The van der Waals surface area contributed by atoms with E-state index >= 15 is 0 Å². The van der Waals surface area contributed by atoms with Crippen molar-refractivity contribution in [1.82, 2.24) is 29.8 Å². The number of ether oxygens (including phenoxy) is 7. The predicted octanol–water partition coefficient (Wildman–Crippen LogP) is 15.1. The van der Waals surface area contributed by atoms with Crippen molar-refractivity contribution in [2.45, 2.75) is 168 Å². The molecular weight excluding hydrogens is 1420 g/mol. The average Bonchev–Trinajstić information content (AvgIpc) is 1.60. The highest BCUT2D eigenvalue weighted by atomic mass is 35.5. The van der Waals surface area contributed by atoms with Crippen LogP contribution in [0.25, 0.3) is 0 Å². The van der Waals surface area contributed by atoms with E-state index in [1.165, 1.54) is 4.90 Å². The molecule has 0 radical (unpaired) electrons. The summed E-state index contributed by atoms with van der Waals surface area (Å²) in [6.07, 6.45) is -1.17. The summed E-state index contributed by atoms with van der Waals surface area (Å²) in [5.41, 5.74) is 1.09. The van der Waals surface area contributed by atoms with E-state index in [0.717, 1.165) is 34.8 Å². The molecule has 6 aromatic carbocycles. The number of carbonyl (C=O) groups is 5. The lowest BCUT2D eigenvalue weighted by Gasteiger charge is -2.42. The maximum absolute atomic E-state index is 13.2. The van der Waals surface area contributed by atoms with Crippen LogP contribution in [0.4, 0.5) is 26.7 Å². The van der Waals surface area contributed by atoms with Crippen molar-refractivity contribution in [2.24, 2.45) is 15.0 Å². The number of aliphatic hydroxyl groups is 2. The third-order valence-electron chi connectivity index (χ3n) is 17.3. The first-order chi connectivity index (χ1) is 50.0. The summed E-state index contributed by atoms with van der Waals surface area (Å²) in [4.78, 5) is 87.2. The first-order valence-electron chi connectivity index (χ1n) is 35.5. The quantitative estimate of drug-likeness (QED) is 0.0654. The second kappa shape index (κ2) is 33.7. The number of rotatable bonds is 12. The Morgan fingerprint density at radius 1 is 0.481 bits per heavy atom. The number of benzene rings is 6. The molecule has 0 aliphatic carbocycles. The lowest BCUT2D eigenvalue weighted by molar-refractivity contribution is -0.153. The van der Waals surface area contributed by atoms with Crippen molar-refractivity contribution in [1.29, 1.82) is 0 Å². The van der Waals surface area contributed by atoms with Crippen LogP contribution in [0.1, 0.15) is 132 Å². The highest BCUT2D eigenvalue weighted by Gasteiger charge is 2.40. The van der Waals surface area contributed by atoms with Gasteiger partial charge in [0.1, 0.15) is 75.2 Å². The molecule has 12 rings (SSSR count). The second-order valence-corrected chi connectivity index (χ2v) is 31.5.